The molecule has 5 nitrogen and oxygen atoms in total. The molecule has 0 bridgehead atoms. The zero-order chi connectivity index (χ0) is 14.5. The van der Waals surface area contributed by atoms with Crippen LogP contribution >= 0.6 is 0 Å². The molecule has 0 spiro atoms. The lowest BCUT2D eigenvalue weighted by Gasteiger charge is -2.29. The topological polar surface area (TPSA) is 78.4 Å². The van der Waals surface area contributed by atoms with E-state index in [1.54, 1.807) is 13.8 Å². The van der Waals surface area contributed by atoms with Gasteiger partial charge >= 0.3 is 12.0 Å². The molecular weight excluding hydrogens is 244 g/mol. The van der Waals surface area contributed by atoms with E-state index in [1.807, 2.05) is 0 Å². The van der Waals surface area contributed by atoms with Crippen LogP contribution in [-0.4, -0.2) is 29.2 Å². The standard InChI is InChI=1S/C14H26N2O3/c1-4-14(7-5-6-8-14)10-15-12(19)16-13(2,3)9-11(17)18/h4-10H2,1-3H3,(H,17,18)(H2,15,16,19). The lowest BCUT2D eigenvalue weighted by atomic mass is 9.83. The molecule has 0 aliphatic heterocycles. The second kappa shape index (κ2) is 6.26. The number of aliphatic carboxylic acids is 1. The highest BCUT2D eigenvalue weighted by Crippen LogP contribution is 2.40. The first-order chi connectivity index (χ1) is 8.79. The number of carbonyl (C=O) groups excluding carboxylic acids is 1. The quantitative estimate of drug-likeness (QED) is 0.694. The third-order valence-electron chi connectivity index (χ3n) is 4.08. The van der Waals surface area contributed by atoms with Crippen LogP contribution in [0.4, 0.5) is 4.79 Å². The van der Waals surface area contributed by atoms with Gasteiger partial charge in [-0.15, -0.1) is 0 Å². The lowest BCUT2D eigenvalue weighted by molar-refractivity contribution is -0.138. The number of urea groups is 1. The Labute approximate surface area is 115 Å². The maximum Gasteiger partial charge on any atom is 0.315 e. The van der Waals surface area contributed by atoms with Crippen molar-refractivity contribution in [2.75, 3.05) is 6.54 Å². The molecule has 0 heterocycles. The SMILES string of the molecule is CCC1(CNC(=O)NC(C)(C)CC(=O)O)CCCC1. The molecule has 0 saturated heterocycles. The van der Waals surface area contributed by atoms with Crippen molar-refractivity contribution in [1.29, 1.82) is 0 Å². The molecule has 19 heavy (non-hydrogen) atoms. The number of carbonyl (C=O) groups is 2. The Morgan fingerprint density at radius 3 is 2.32 bits per heavy atom. The Bertz CT molecular complexity index is 334. The van der Waals surface area contributed by atoms with Gasteiger partial charge in [-0.2, -0.15) is 0 Å². The van der Waals surface area contributed by atoms with Crippen molar-refractivity contribution >= 4 is 12.0 Å². The fourth-order valence-electron chi connectivity index (χ4n) is 2.82. The minimum Gasteiger partial charge on any atom is -0.481 e. The van der Waals surface area contributed by atoms with Crippen molar-refractivity contribution in [2.24, 2.45) is 5.41 Å². The van der Waals surface area contributed by atoms with E-state index in [1.165, 1.54) is 25.7 Å². The van der Waals surface area contributed by atoms with Crippen LogP contribution in [0.3, 0.4) is 0 Å². The summed E-state index contributed by atoms with van der Waals surface area (Å²) in [7, 11) is 0. The van der Waals surface area contributed by atoms with E-state index < -0.39 is 11.5 Å². The number of carboxylic acids is 1. The minimum atomic E-state index is -0.911. The fraction of sp³-hybridized carbons (Fsp3) is 0.857. The summed E-state index contributed by atoms with van der Waals surface area (Å²) in [5.41, 5.74) is -0.487. The molecule has 3 N–H and O–H groups in total. The molecular formula is C14H26N2O3. The largest absolute Gasteiger partial charge is 0.481 e. The summed E-state index contributed by atoms with van der Waals surface area (Å²) in [5, 5.41) is 14.4. The molecule has 1 aliphatic rings. The van der Waals surface area contributed by atoms with Crippen molar-refractivity contribution in [2.45, 2.75) is 64.8 Å². The normalized spacial score (nSPS) is 18.1. The van der Waals surface area contributed by atoms with E-state index in [4.69, 9.17) is 5.11 Å². The van der Waals surface area contributed by atoms with Gasteiger partial charge in [-0.1, -0.05) is 19.8 Å². The maximum absolute atomic E-state index is 11.8. The van der Waals surface area contributed by atoms with Crippen LogP contribution in [0.5, 0.6) is 0 Å². The molecule has 0 unspecified atom stereocenters. The van der Waals surface area contributed by atoms with Crippen LogP contribution in [-0.2, 0) is 4.79 Å². The van der Waals surface area contributed by atoms with Gasteiger partial charge in [-0.25, -0.2) is 4.79 Å². The van der Waals surface area contributed by atoms with E-state index in [-0.39, 0.29) is 17.9 Å². The number of amides is 2. The van der Waals surface area contributed by atoms with Crippen molar-refractivity contribution in [1.82, 2.24) is 10.6 Å². The Morgan fingerprint density at radius 2 is 1.84 bits per heavy atom. The summed E-state index contributed by atoms with van der Waals surface area (Å²) in [6, 6.07) is -0.272. The van der Waals surface area contributed by atoms with Gasteiger partial charge < -0.3 is 15.7 Å². The molecule has 2 amide bonds. The smallest absolute Gasteiger partial charge is 0.315 e. The van der Waals surface area contributed by atoms with Crippen molar-refractivity contribution in [3.8, 4) is 0 Å². The molecule has 1 rings (SSSR count). The molecule has 1 fully saturated rings. The molecule has 0 aromatic carbocycles. The average Bonchev–Trinajstić information content (AvgIpc) is 2.73. The molecule has 0 aromatic rings. The van der Waals surface area contributed by atoms with Crippen molar-refractivity contribution in [3.05, 3.63) is 0 Å². The Hall–Kier alpha value is -1.26. The minimum absolute atomic E-state index is 0.0840. The van der Waals surface area contributed by atoms with E-state index in [0.29, 0.717) is 6.54 Å². The maximum atomic E-state index is 11.8. The average molecular weight is 270 g/mol. The summed E-state index contributed by atoms with van der Waals surface area (Å²) in [5.74, 6) is -0.911. The number of nitrogens with one attached hydrogen (secondary N) is 2. The molecule has 1 aliphatic carbocycles. The third kappa shape index (κ3) is 5.09. The summed E-state index contributed by atoms with van der Waals surface area (Å²) in [6.07, 6.45) is 5.80. The van der Waals surface area contributed by atoms with Crippen molar-refractivity contribution < 1.29 is 14.7 Å². The molecule has 5 heteroatoms. The number of carboxylic acid groups (broad SMARTS) is 1. The second-order valence-corrected chi connectivity index (χ2v) is 6.32. The zero-order valence-electron chi connectivity index (χ0n) is 12.2. The van der Waals surface area contributed by atoms with Crippen LogP contribution in [0.15, 0.2) is 0 Å². The number of hydrogen-bond acceptors (Lipinski definition) is 2. The van der Waals surface area contributed by atoms with Gasteiger partial charge in [0.25, 0.3) is 0 Å². The highest BCUT2D eigenvalue weighted by Gasteiger charge is 2.32. The van der Waals surface area contributed by atoms with Gasteiger partial charge in [-0.05, 0) is 38.5 Å². The molecule has 0 atom stereocenters. The first kappa shape index (κ1) is 15.8. The van der Waals surface area contributed by atoms with Crippen LogP contribution in [0.25, 0.3) is 0 Å². The summed E-state index contributed by atoms with van der Waals surface area (Å²) in [6.45, 7) is 6.27. The van der Waals surface area contributed by atoms with Gasteiger partial charge in [-0.3, -0.25) is 4.79 Å². The summed E-state index contributed by atoms with van der Waals surface area (Å²) >= 11 is 0. The molecule has 0 aromatic heterocycles. The zero-order valence-corrected chi connectivity index (χ0v) is 12.2. The second-order valence-electron chi connectivity index (χ2n) is 6.32. The Kier molecular flexibility index (Phi) is 5.20. The predicted molar refractivity (Wildman–Crippen MR) is 74.1 cm³/mol. The van der Waals surface area contributed by atoms with Crippen LogP contribution in [0, 0.1) is 5.41 Å². The third-order valence-corrected chi connectivity index (χ3v) is 4.08. The number of rotatable bonds is 6. The van der Waals surface area contributed by atoms with Gasteiger partial charge in [0.15, 0.2) is 0 Å². The summed E-state index contributed by atoms with van der Waals surface area (Å²) < 4.78 is 0. The fourth-order valence-corrected chi connectivity index (χ4v) is 2.82. The molecule has 110 valence electrons. The highest BCUT2D eigenvalue weighted by molar-refractivity contribution is 5.76. The van der Waals surface area contributed by atoms with Gasteiger partial charge in [0.2, 0.25) is 0 Å². The van der Waals surface area contributed by atoms with E-state index in [0.717, 1.165) is 6.42 Å². The summed E-state index contributed by atoms with van der Waals surface area (Å²) in [4.78, 5) is 22.5. The van der Waals surface area contributed by atoms with Crippen LogP contribution in [0.2, 0.25) is 0 Å². The number of hydrogen-bond donors (Lipinski definition) is 3. The first-order valence-electron chi connectivity index (χ1n) is 7.06. The lowest BCUT2D eigenvalue weighted by Crippen LogP contribution is -2.51. The van der Waals surface area contributed by atoms with Crippen LogP contribution in [0.1, 0.15) is 59.3 Å². The van der Waals surface area contributed by atoms with Crippen LogP contribution < -0.4 is 10.6 Å². The molecule has 1 saturated carbocycles. The molecule has 0 radical (unpaired) electrons. The Balaban J connectivity index is 2.41. The van der Waals surface area contributed by atoms with Gasteiger partial charge in [0, 0.05) is 12.1 Å². The monoisotopic (exact) mass is 270 g/mol. The first-order valence-corrected chi connectivity index (χ1v) is 7.06. The Morgan fingerprint density at radius 1 is 1.26 bits per heavy atom. The van der Waals surface area contributed by atoms with E-state index in [9.17, 15) is 9.59 Å². The van der Waals surface area contributed by atoms with Crippen molar-refractivity contribution in [3.63, 3.8) is 0 Å². The van der Waals surface area contributed by atoms with Gasteiger partial charge in [0.1, 0.15) is 0 Å². The van der Waals surface area contributed by atoms with E-state index >= 15 is 0 Å². The highest BCUT2D eigenvalue weighted by atomic mass is 16.4. The predicted octanol–water partition coefficient (Wildman–Crippen LogP) is 2.51. The van der Waals surface area contributed by atoms with E-state index in [2.05, 4.69) is 17.6 Å². The van der Waals surface area contributed by atoms with Gasteiger partial charge in [0.05, 0.1) is 6.42 Å².